The van der Waals surface area contributed by atoms with Gasteiger partial charge in [0.1, 0.15) is 5.82 Å². The van der Waals surface area contributed by atoms with Crippen molar-refractivity contribution in [1.29, 1.82) is 0 Å². The number of hydrogen-bond acceptors (Lipinski definition) is 3. The van der Waals surface area contributed by atoms with Crippen molar-refractivity contribution in [2.45, 2.75) is 31.4 Å². The number of alkyl halides is 2. The first-order valence-corrected chi connectivity index (χ1v) is 11.0. The van der Waals surface area contributed by atoms with E-state index in [0.717, 1.165) is 0 Å². The van der Waals surface area contributed by atoms with Gasteiger partial charge in [-0.3, -0.25) is 9.59 Å². The lowest BCUT2D eigenvalue weighted by Crippen LogP contribution is -2.46. The largest absolute Gasteiger partial charge is 0.345 e. The Morgan fingerprint density at radius 2 is 1.80 bits per heavy atom. The zero-order valence-electron chi connectivity index (χ0n) is 18.7. The summed E-state index contributed by atoms with van der Waals surface area (Å²) in [5.41, 5.74) is 2.50. The Morgan fingerprint density at radius 3 is 2.51 bits per heavy atom. The molecule has 0 unspecified atom stereocenters. The zero-order chi connectivity index (χ0) is 24.7. The van der Waals surface area contributed by atoms with Gasteiger partial charge in [-0.25, -0.2) is 9.07 Å². The van der Waals surface area contributed by atoms with Crippen molar-refractivity contribution < 1.29 is 22.8 Å². The van der Waals surface area contributed by atoms with Crippen LogP contribution < -0.4 is 10.2 Å². The number of amides is 2. The molecule has 2 atom stereocenters. The number of carbonyl (C=O) groups is 2. The molecule has 5 rings (SSSR count). The second kappa shape index (κ2) is 8.57. The standard InChI is InChI=1S/C26H21F3N4O2/c1-26(28,29)25(35)31-21-14-23(34)32(24(21)16-6-3-2-4-7-16)19-10-11-22-17(12-19)15-30-33(22)20-9-5-8-18(27)13-20/h2-13,15,21,24H,14H2,1H3,(H,31,35)/t21-,24+/m0/s1. The van der Waals surface area contributed by atoms with Crippen LogP contribution in [0, 0.1) is 5.82 Å². The second-order valence-corrected chi connectivity index (χ2v) is 8.57. The van der Waals surface area contributed by atoms with E-state index < -0.39 is 23.9 Å². The highest BCUT2D eigenvalue weighted by Crippen LogP contribution is 2.39. The van der Waals surface area contributed by atoms with Crippen molar-refractivity contribution in [2.24, 2.45) is 0 Å². The number of halogens is 3. The van der Waals surface area contributed by atoms with Crippen molar-refractivity contribution in [2.75, 3.05) is 4.90 Å². The highest BCUT2D eigenvalue weighted by atomic mass is 19.3. The summed E-state index contributed by atoms with van der Waals surface area (Å²) >= 11 is 0. The number of benzene rings is 3. The molecule has 1 aliphatic heterocycles. The molecule has 35 heavy (non-hydrogen) atoms. The van der Waals surface area contributed by atoms with Gasteiger partial charge in [0, 0.05) is 24.4 Å². The van der Waals surface area contributed by atoms with E-state index in [1.807, 2.05) is 6.07 Å². The van der Waals surface area contributed by atoms with E-state index in [2.05, 4.69) is 10.4 Å². The van der Waals surface area contributed by atoms with Crippen LogP contribution in [0.5, 0.6) is 0 Å². The first-order valence-electron chi connectivity index (χ1n) is 11.0. The van der Waals surface area contributed by atoms with Gasteiger partial charge in [0.05, 0.1) is 29.5 Å². The molecule has 0 saturated carbocycles. The number of aromatic nitrogens is 2. The molecule has 1 fully saturated rings. The van der Waals surface area contributed by atoms with E-state index in [9.17, 15) is 22.8 Å². The molecule has 1 aromatic heterocycles. The van der Waals surface area contributed by atoms with Crippen LogP contribution >= 0.6 is 0 Å². The smallest absolute Gasteiger partial charge is 0.321 e. The molecule has 0 spiro atoms. The quantitative estimate of drug-likeness (QED) is 0.449. The van der Waals surface area contributed by atoms with E-state index in [-0.39, 0.29) is 18.1 Å². The van der Waals surface area contributed by atoms with Gasteiger partial charge in [-0.05, 0) is 42.0 Å². The number of nitrogens with zero attached hydrogens (tertiary/aromatic N) is 3. The van der Waals surface area contributed by atoms with Crippen molar-refractivity contribution in [3.63, 3.8) is 0 Å². The molecule has 0 bridgehead atoms. The lowest BCUT2D eigenvalue weighted by molar-refractivity contribution is -0.143. The first-order chi connectivity index (χ1) is 16.7. The van der Waals surface area contributed by atoms with Gasteiger partial charge in [-0.15, -0.1) is 0 Å². The van der Waals surface area contributed by atoms with Gasteiger partial charge in [0.25, 0.3) is 5.91 Å². The minimum atomic E-state index is -3.57. The molecule has 1 saturated heterocycles. The lowest BCUT2D eigenvalue weighted by atomic mass is 9.99. The van der Waals surface area contributed by atoms with Crippen molar-refractivity contribution >= 4 is 28.4 Å². The Hall–Kier alpha value is -4.14. The lowest BCUT2D eigenvalue weighted by Gasteiger charge is -2.29. The fourth-order valence-electron chi connectivity index (χ4n) is 4.48. The average molecular weight is 478 g/mol. The molecule has 6 nitrogen and oxygen atoms in total. The molecule has 9 heteroatoms. The number of carbonyl (C=O) groups excluding carboxylic acids is 2. The molecule has 0 aliphatic carbocycles. The number of anilines is 1. The van der Waals surface area contributed by atoms with Crippen LogP contribution in [0.2, 0.25) is 0 Å². The normalized spacial score (nSPS) is 18.3. The zero-order valence-corrected chi connectivity index (χ0v) is 18.7. The van der Waals surface area contributed by atoms with Gasteiger partial charge in [0.15, 0.2) is 0 Å². The topological polar surface area (TPSA) is 67.2 Å². The maximum absolute atomic E-state index is 13.7. The summed E-state index contributed by atoms with van der Waals surface area (Å²) in [4.78, 5) is 26.7. The maximum atomic E-state index is 13.7. The molecular formula is C26H21F3N4O2. The van der Waals surface area contributed by atoms with Gasteiger partial charge >= 0.3 is 5.92 Å². The second-order valence-electron chi connectivity index (χ2n) is 8.57. The Kier molecular flexibility index (Phi) is 5.55. The summed E-state index contributed by atoms with van der Waals surface area (Å²) in [6, 6.07) is 18.8. The van der Waals surface area contributed by atoms with Crippen molar-refractivity contribution in [3.05, 3.63) is 90.4 Å². The molecule has 1 aliphatic rings. The third-order valence-corrected chi connectivity index (χ3v) is 6.06. The summed E-state index contributed by atoms with van der Waals surface area (Å²) < 4.78 is 42.5. The van der Waals surface area contributed by atoms with Crippen LogP contribution in [0.3, 0.4) is 0 Å². The van der Waals surface area contributed by atoms with E-state index in [1.165, 1.54) is 17.0 Å². The van der Waals surface area contributed by atoms with Crippen LogP contribution in [0.15, 0.2) is 79.0 Å². The van der Waals surface area contributed by atoms with Crippen LogP contribution in [-0.4, -0.2) is 33.6 Å². The van der Waals surface area contributed by atoms with E-state index in [4.69, 9.17) is 0 Å². The van der Waals surface area contributed by atoms with Crippen molar-refractivity contribution in [1.82, 2.24) is 15.1 Å². The molecule has 1 N–H and O–H groups in total. The summed E-state index contributed by atoms with van der Waals surface area (Å²) in [6.45, 7) is 0.526. The Balaban J connectivity index is 1.54. The SMILES string of the molecule is CC(F)(F)C(=O)N[C@H]1CC(=O)N(c2ccc3c(cnn3-c3cccc(F)c3)c2)[C@@H]1c1ccccc1. The third-order valence-electron chi connectivity index (χ3n) is 6.06. The predicted molar refractivity (Wildman–Crippen MR) is 125 cm³/mol. The van der Waals surface area contributed by atoms with Gasteiger partial charge < -0.3 is 10.2 Å². The van der Waals surface area contributed by atoms with Crippen molar-refractivity contribution in [3.8, 4) is 5.69 Å². The summed E-state index contributed by atoms with van der Waals surface area (Å²) in [6.07, 6.45) is 1.49. The van der Waals surface area contributed by atoms with Gasteiger partial charge in [0.2, 0.25) is 5.91 Å². The highest BCUT2D eigenvalue weighted by molar-refractivity contribution is 6.00. The molecular weight excluding hydrogens is 457 g/mol. The fraction of sp³-hybridized carbons (Fsp3) is 0.192. The molecule has 3 aromatic carbocycles. The van der Waals surface area contributed by atoms with E-state index >= 15 is 0 Å². The molecule has 0 radical (unpaired) electrons. The molecule has 178 valence electrons. The molecule has 4 aromatic rings. The number of hydrogen-bond donors (Lipinski definition) is 1. The first kappa shape index (κ1) is 22.6. The third kappa shape index (κ3) is 4.25. The Bertz CT molecular complexity index is 1420. The maximum Gasteiger partial charge on any atom is 0.321 e. The van der Waals surface area contributed by atoms with Crippen LogP contribution in [-0.2, 0) is 9.59 Å². The number of nitrogens with one attached hydrogen (secondary N) is 1. The predicted octanol–water partition coefficient (Wildman–Crippen LogP) is 4.78. The average Bonchev–Trinajstić information content (AvgIpc) is 3.39. The van der Waals surface area contributed by atoms with Crippen LogP contribution in [0.1, 0.15) is 24.9 Å². The van der Waals surface area contributed by atoms with Gasteiger partial charge in [-0.2, -0.15) is 13.9 Å². The van der Waals surface area contributed by atoms with E-state index in [0.29, 0.717) is 34.8 Å². The monoisotopic (exact) mass is 478 g/mol. The Labute approximate surface area is 199 Å². The minimum absolute atomic E-state index is 0.123. The summed E-state index contributed by atoms with van der Waals surface area (Å²) in [5, 5.41) is 7.43. The number of rotatable bonds is 5. The number of fused-ring (bicyclic) bond motifs is 1. The summed E-state index contributed by atoms with van der Waals surface area (Å²) in [5.74, 6) is -5.69. The summed E-state index contributed by atoms with van der Waals surface area (Å²) in [7, 11) is 0. The molecule has 2 amide bonds. The minimum Gasteiger partial charge on any atom is -0.345 e. The van der Waals surface area contributed by atoms with Gasteiger partial charge in [-0.1, -0.05) is 36.4 Å². The van der Waals surface area contributed by atoms with Crippen LogP contribution in [0.25, 0.3) is 16.6 Å². The highest BCUT2D eigenvalue weighted by Gasteiger charge is 2.45. The molecule has 2 heterocycles. The van der Waals surface area contributed by atoms with Crippen LogP contribution in [0.4, 0.5) is 18.9 Å². The Morgan fingerprint density at radius 1 is 1.03 bits per heavy atom. The van der Waals surface area contributed by atoms with E-state index in [1.54, 1.807) is 65.5 Å². The fourth-order valence-corrected chi connectivity index (χ4v) is 4.48.